The first-order valence-corrected chi connectivity index (χ1v) is 7.52. The Morgan fingerprint density at radius 3 is 3.21 bits per heavy atom. The molecule has 0 aliphatic carbocycles. The van der Waals surface area contributed by atoms with Gasteiger partial charge in [0, 0.05) is 17.8 Å². The lowest BCUT2D eigenvalue weighted by Gasteiger charge is -2.23. The second kappa shape index (κ2) is 5.31. The summed E-state index contributed by atoms with van der Waals surface area (Å²) in [6.07, 6.45) is 1.03. The van der Waals surface area contributed by atoms with E-state index in [1.54, 1.807) is 11.3 Å². The molecule has 2 aromatic rings. The predicted octanol–water partition coefficient (Wildman–Crippen LogP) is 3.09. The summed E-state index contributed by atoms with van der Waals surface area (Å²) in [6, 6.07) is 8.62. The summed E-state index contributed by atoms with van der Waals surface area (Å²) in [6.45, 7) is 5.78. The Labute approximate surface area is 117 Å². The molecule has 1 unspecified atom stereocenters. The lowest BCUT2D eigenvalue weighted by atomic mass is 10.00. The van der Waals surface area contributed by atoms with Crippen LogP contribution in [-0.4, -0.2) is 18.1 Å². The van der Waals surface area contributed by atoms with Crippen molar-refractivity contribution in [1.82, 2.24) is 10.3 Å². The summed E-state index contributed by atoms with van der Waals surface area (Å²) in [5.74, 6) is 0.940. The van der Waals surface area contributed by atoms with Gasteiger partial charge in [0.2, 0.25) is 0 Å². The molecular weight excluding hydrogens is 256 g/mol. The molecule has 1 aliphatic rings. The van der Waals surface area contributed by atoms with Crippen LogP contribution in [0.15, 0.2) is 24.3 Å². The van der Waals surface area contributed by atoms with E-state index < -0.39 is 0 Å². The summed E-state index contributed by atoms with van der Waals surface area (Å²) < 4.78 is 5.59. The molecule has 1 aromatic heterocycles. The number of ether oxygens (including phenoxy) is 1. The Morgan fingerprint density at radius 2 is 2.37 bits per heavy atom. The largest absolute Gasteiger partial charge is 0.494 e. The first kappa shape index (κ1) is 12.6. The highest BCUT2D eigenvalue weighted by Crippen LogP contribution is 2.34. The number of hydrogen-bond acceptors (Lipinski definition) is 4. The molecule has 0 fully saturated rings. The van der Waals surface area contributed by atoms with Crippen molar-refractivity contribution in [3.8, 4) is 5.75 Å². The first-order chi connectivity index (χ1) is 9.28. The van der Waals surface area contributed by atoms with Crippen LogP contribution in [0, 0.1) is 6.92 Å². The summed E-state index contributed by atoms with van der Waals surface area (Å²) in [5.41, 5.74) is 2.52. The molecule has 19 heavy (non-hydrogen) atoms. The molecule has 0 saturated heterocycles. The second-order valence-electron chi connectivity index (χ2n) is 4.69. The number of rotatable bonds is 3. The SMILES string of the molecule is CCOc1cccc(C2NCCc3nc(C)sc32)c1. The fourth-order valence-corrected chi connectivity index (χ4v) is 3.61. The van der Waals surface area contributed by atoms with Gasteiger partial charge in [-0.2, -0.15) is 0 Å². The highest BCUT2D eigenvalue weighted by atomic mass is 32.1. The van der Waals surface area contributed by atoms with Crippen molar-refractivity contribution in [3.63, 3.8) is 0 Å². The quantitative estimate of drug-likeness (QED) is 0.934. The molecule has 0 spiro atoms. The van der Waals surface area contributed by atoms with Gasteiger partial charge in [-0.15, -0.1) is 11.3 Å². The maximum atomic E-state index is 5.59. The maximum Gasteiger partial charge on any atom is 0.119 e. The smallest absolute Gasteiger partial charge is 0.119 e. The van der Waals surface area contributed by atoms with Crippen LogP contribution in [0.4, 0.5) is 0 Å². The van der Waals surface area contributed by atoms with E-state index in [0.717, 1.165) is 23.7 Å². The monoisotopic (exact) mass is 274 g/mol. The van der Waals surface area contributed by atoms with Crippen LogP contribution in [-0.2, 0) is 6.42 Å². The van der Waals surface area contributed by atoms with E-state index in [4.69, 9.17) is 4.74 Å². The van der Waals surface area contributed by atoms with E-state index in [-0.39, 0.29) is 6.04 Å². The standard InChI is InChI=1S/C15H18N2OS/c1-3-18-12-6-4-5-11(9-12)14-15-13(7-8-16-14)17-10(2)19-15/h4-6,9,14,16H,3,7-8H2,1-2H3. The average molecular weight is 274 g/mol. The third-order valence-electron chi connectivity index (χ3n) is 3.31. The van der Waals surface area contributed by atoms with Gasteiger partial charge in [0.05, 0.1) is 23.4 Å². The molecule has 0 bridgehead atoms. The second-order valence-corrected chi connectivity index (χ2v) is 5.92. The van der Waals surface area contributed by atoms with Gasteiger partial charge in [0.1, 0.15) is 5.75 Å². The molecule has 2 heterocycles. The van der Waals surface area contributed by atoms with Crippen LogP contribution in [0.5, 0.6) is 5.75 Å². The van der Waals surface area contributed by atoms with Crippen LogP contribution in [0.2, 0.25) is 0 Å². The molecule has 100 valence electrons. The summed E-state index contributed by atoms with van der Waals surface area (Å²) in [5, 5.41) is 4.74. The Balaban J connectivity index is 1.96. The maximum absolute atomic E-state index is 5.59. The van der Waals surface area contributed by atoms with Gasteiger partial charge in [-0.05, 0) is 31.5 Å². The van der Waals surface area contributed by atoms with Crippen molar-refractivity contribution < 1.29 is 4.74 Å². The minimum atomic E-state index is 0.260. The summed E-state index contributed by atoms with van der Waals surface area (Å²) in [4.78, 5) is 5.99. The van der Waals surface area contributed by atoms with Crippen molar-refractivity contribution in [2.24, 2.45) is 0 Å². The van der Waals surface area contributed by atoms with Crippen LogP contribution in [0.25, 0.3) is 0 Å². The number of hydrogen-bond donors (Lipinski definition) is 1. The molecule has 1 N–H and O–H groups in total. The predicted molar refractivity (Wildman–Crippen MR) is 78.0 cm³/mol. The van der Waals surface area contributed by atoms with Crippen molar-refractivity contribution >= 4 is 11.3 Å². The average Bonchev–Trinajstić information content (AvgIpc) is 2.79. The number of nitrogens with one attached hydrogen (secondary N) is 1. The highest BCUT2D eigenvalue weighted by Gasteiger charge is 2.24. The van der Waals surface area contributed by atoms with Crippen molar-refractivity contribution in [1.29, 1.82) is 0 Å². The molecule has 0 amide bonds. The van der Waals surface area contributed by atoms with E-state index >= 15 is 0 Å². The van der Waals surface area contributed by atoms with Crippen LogP contribution in [0.1, 0.15) is 34.1 Å². The Kier molecular flexibility index (Phi) is 3.53. The molecule has 4 heteroatoms. The number of benzene rings is 1. The third-order valence-corrected chi connectivity index (χ3v) is 4.39. The van der Waals surface area contributed by atoms with Crippen LogP contribution in [0.3, 0.4) is 0 Å². The summed E-state index contributed by atoms with van der Waals surface area (Å²) >= 11 is 1.80. The van der Waals surface area contributed by atoms with Gasteiger partial charge in [0.15, 0.2) is 0 Å². The zero-order valence-electron chi connectivity index (χ0n) is 11.3. The third kappa shape index (κ3) is 2.51. The van der Waals surface area contributed by atoms with Gasteiger partial charge in [0.25, 0.3) is 0 Å². The van der Waals surface area contributed by atoms with Crippen LogP contribution < -0.4 is 10.1 Å². The molecular formula is C15H18N2OS. The van der Waals surface area contributed by atoms with Gasteiger partial charge < -0.3 is 10.1 Å². The number of aryl methyl sites for hydroxylation is 1. The number of aromatic nitrogens is 1. The Hall–Kier alpha value is -1.39. The normalized spacial score (nSPS) is 18.1. The van der Waals surface area contributed by atoms with Gasteiger partial charge in [-0.3, -0.25) is 0 Å². The fraction of sp³-hybridized carbons (Fsp3) is 0.400. The fourth-order valence-electron chi connectivity index (χ4n) is 2.54. The van der Waals surface area contributed by atoms with E-state index in [2.05, 4.69) is 35.4 Å². The number of thiazole rings is 1. The van der Waals surface area contributed by atoms with Gasteiger partial charge in [-0.25, -0.2) is 4.98 Å². The van der Waals surface area contributed by atoms with Crippen molar-refractivity contribution in [2.75, 3.05) is 13.2 Å². The summed E-state index contributed by atoms with van der Waals surface area (Å²) in [7, 11) is 0. The minimum Gasteiger partial charge on any atom is -0.494 e. The zero-order valence-corrected chi connectivity index (χ0v) is 12.1. The lowest BCUT2D eigenvalue weighted by molar-refractivity contribution is 0.339. The van der Waals surface area contributed by atoms with Gasteiger partial charge in [-0.1, -0.05) is 12.1 Å². The highest BCUT2D eigenvalue weighted by molar-refractivity contribution is 7.11. The molecule has 1 atom stereocenters. The molecule has 3 rings (SSSR count). The molecule has 1 aliphatic heterocycles. The molecule has 1 aromatic carbocycles. The van der Waals surface area contributed by atoms with Crippen LogP contribution >= 0.6 is 11.3 Å². The van der Waals surface area contributed by atoms with E-state index in [1.165, 1.54) is 16.1 Å². The van der Waals surface area contributed by atoms with Gasteiger partial charge >= 0.3 is 0 Å². The number of nitrogens with zero attached hydrogens (tertiary/aromatic N) is 1. The van der Waals surface area contributed by atoms with E-state index in [9.17, 15) is 0 Å². The lowest BCUT2D eigenvalue weighted by Crippen LogP contribution is -2.29. The zero-order chi connectivity index (χ0) is 13.2. The topological polar surface area (TPSA) is 34.1 Å². The number of fused-ring (bicyclic) bond motifs is 1. The van der Waals surface area contributed by atoms with E-state index in [1.807, 2.05) is 13.0 Å². The Bertz CT molecular complexity index is 579. The molecule has 0 radical (unpaired) electrons. The van der Waals surface area contributed by atoms with Crippen molar-refractivity contribution in [2.45, 2.75) is 26.3 Å². The Morgan fingerprint density at radius 1 is 1.47 bits per heavy atom. The minimum absolute atomic E-state index is 0.260. The molecule has 3 nitrogen and oxygen atoms in total. The van der Waals surface area contributed by atoms with E-state index in [0.29, 0.717) is 6.61 Å². The first-order valence-electron chi connectivity index (χ1n) is 6.70. The van der Waals surface area contributed by atoms with Crippen molar-refractivity contribution in [3.05, 3.63) is 45.4 Å². The molecule has 0 saturated carbocycles.